The summed E-state index contributed by atoms with van der Waals surface area (Å²) in [5, 5.41) is 0. The van der Waals surface area contributed by atoms with Crippen molar-refractivity contribution in [1.29, 1.82) is 0 Å². The minimum Gasteiger partial charge on any atom is -0.381 e. The van der Waals surface area contributed by atoms with E-state index in [1.54, 1.807) is 0 Å². The van der Waals surface area contributed by atoms with Crippen molar-refractivity contribution >= 4 is 34.7 Å². The van der Waals surface area contributed by atoms with E-state index in [0.29, 0.717) is 11.8 Å². The Morgan fingerprint density at radius 1 is 1.04 bits per heavy atom. The van der Waals surface area contributed by atoms with Crippen LogP contribution >= 0.6 is 19.0 Å². The van der Waals surface area contributed by atoms with E-state index in [1.807, 2.05) is 21.7 Å². The molecule has 0 amide bonds. The molecule has 2 aliphatic rings. The van der Waals surface area contributed by atoms with Crippen LogP contribution in [-0.2, 0) is 23.1 Å². The Balaban J connectivity index is 1.91. The van der Waals surface area contributed by atoms with Crippen molar-refractivity contribution in [2.45, 2.75) is 64.4 Å². The Morgan fingerprint density at radius 3 is 2.13 bits per heavy atom. The number of hydrogen-bond donors (Lipinski definition) is 1. The molecule has 0 aliphatic carbocycles. The van der Waals surface area contributed by atoms with E-state index in [9.17, 15) is 4.57 Å². The van der Waals surface area contributed by atoms with E-state index < -0.39 is 6.80 Å². The quantitative estimate of drug-likeness (QED) is 0.441. The van der Waals surface area contributed by atoms with Gasteiger partial charge in [-0.05, 0) is 18.3 Å². The predicted molar refractivity (Wildman–Crippen MR) is 99.6 cm³/mol. The first kappa shape index (κ1) is 19.9. The highest BCUT2D eigenvalue weighted by molar-refractivity contribution is 8.44. The van der Waals surface area contributed by atoms with Crippen LogP contribution in [0.4, 0.5) is 0 Å². The second kappa shape index (κ2) is 7.84. The van der Waals surface area contributed by atoms with E-state index in [2.05, 4.69) is 33.9 Å². The van der Waals surface area contributed by atoms with Gasteiger partial charge in [0.2, 0.25) is 0 Å². The third-order valence-corrected chi connectivity index (χ3v) is 7.23. The molecule has 2 unspecified atom stereocenters. The molecule has 9 atom stereocenters. The lowest BCUT2D eigenvalue weighted by molar-refractivity contribution is 0.0161. The van der Waals surface area contributed by atoms with Crippen LogP contribution in [0, 0.1) is 17.8 Å². The summed E-state index contributed by atoms with van der Waals surface area (Å²) in [4.78, 5) is 0. The molecule has 2 aliphatic heterocycles. The maximum atomic E-state index is 12.6. The highest BCUT2D eigenvalue weighted by Gasteiger charge is 2.43. The van der Waals surface area contributed by atoms with Crippen LogP contribution in [0.5, 0.6) is 0 Å². The zero-order valence-corrected chi connectivity index (χ0v) is 16.8. The monoisotopic (exact) mass is 362 g/mol. The van der Waals surface area contributed by atoms with Crippen LogP contribution < -0.4 is 0 Å². The molecule has 0 N–H and O–H groups in total. The van der Waals surface area contributed by atoms with Gasteiger partial charge >= 0.3 is 6.80 Å². The average Bonchev–Trinajstić information content (AvgIpc) is 2.89. The Morgan fingerprint density at radius 2 is 1.61 bits per heavy atom. The molecule has 9 heteroatoms. The van der Waals surface area contributed by atoms with Gasteiger partial charge in [-0.25, -0.2) is 4.57 Å². The van der Waals surface area contributed by atoms with Crippen molar-refractivity contribution in [2.75, 3.05) is 6.61 Å². The zero-order valence-electron chi connectivity index (χ0n) is 15.0. The summed E-state index contributed by atoms with van der Waals surface area (Å²) in [5.74, 6) is 0.971. The maximum absolute atomic E-state index is 12.6. The smallest absolute Gasteiger partial charge is 0.381 e. The van der Waals surface area contributed by atoms with E-state index in [4.69, 9.17) is 18.5 Å². The standard InChI is InChI=1S/C14H29B2O5PS/c1-5-10-12(9(4)14(16)19-10)21-22(17,23)18-6-11-7(2)8(3)13(15)20-11/h7-14H,5-6,15-16H2,1-4H3,(H,17,23)/t7-,8+,9+,10-,11-,12?,13-,14-,22?/m1/s1. The van der Waals surface area contributed by atoms with Crippen molar-refractivity contribution in [3.63, 3.8) is 0 Å². The van der Waals surface area contributed by atoms with E-state index in [0.717, 1.165) is 6.42 Å². The van der Waals surface area contributed by atoms with E-state index in [-0.39, 0.29) is 42.8 Å². The fourth-order valence-corrected chi connectivity index (χ4v) is 4.97. The van der Waals surface area contributed by atoms with Gasteiger partial charge < -0.3 is 9.47 Å². The Hall–Kier alpha value is 0.550. The Labute approximate surface area is 147 Å². The minimum atomic E-state index is -3.44. The second-order valence-electron chi connectivity index (χ2n) is 7.08. The number of ether oxygens (including phenoxy) is 2. The molecule has 2 heterocycles. The number of thiol groups is 1. The summed E-state index contributed by atoms with van der Waals surface area (Å²) in [5.41, 5.74) is 0. The van der Waals surface area contributed by atoms with Gasteiger partial charge in [-0.15, -0.1) is 0 Å². The van der Waals surface area contributed by atoms with Gasteiger partial charge in [0.15, 0.2) is 0 Å². The molecule has 5 nitrogen and oxygen atoms in total. The third kappa shape index (κ3) is 4.59. The van der Waals surface area contributed by atoms with Gasteiger partial charge in [0.1, 0.15) is 15.7 Å². The number of rotatable bonds is 6. The highest BCUT2D eigenvalue weighted by atomic mass is 32.7. The van der Waals surface area contributed by atoms with Crippen LogP contribution in [0.1, 0.15) is 34.1 Å². The summed E-state index contributed by atoms with van der Waals surface area (Å²) < 4.78 is 35.6. The molecule has 0 aromatic heterocycles. The molecular formula is C14H29B2O5PS. The lowest BCUT2D eigenvalue weighted by Crippen LogP contribution is -2.28. The lowest BCUT2D eigenvalue weighted by atomic mass is 9.82. The van der Waals surface area contributed by atoms with Crippen LogP contribution in [0.3, 0.4) is 0 Å². The lowest BCUT2D eigenvalue weighted by Gasteiger charge is -2.25. The molecular weight excluding hydrogens is 333 g/mol. The van der Waals surface area contributed by atoms with Gasteiger partial charge in [0, 0.05) is 17.9 Å². The molecule has 0 aromatic carbocycles. The molecule has 0 bridgehead atoms. The Bertz CT molecular complexity index is 457. The Kier molecular flexibility index (Phi) is 6.77. The van der Waals surface area contributed by atoms with Crippen molar-refractivity contribution in [1.82, 2.24) is 0 Å². The first-order valence-electron chi connectivity index (χ1n) is 8.63. The fraction of sp³-hybridized carbons (Fsp3) is 1.00. The van der Waals surface area contributed by atoms with Crippen molar-refractivity contribution in [2.24, 2.45) is 17.8 Å². The normalized spacial score (nSPS) is 46.8. The van der Waals surface area contributed by atoms with E-state index >= 15 is 0 Å². The third-order valence-electron chi connectivity index (χ3n) is 5.62. The molecule has 0 aromatic rings. The summed E-state index contributed by atoms with van der Waals surface area (Å²) in [6.07, 6.45) is 0.427. The fourth-order valence-electron chi connectivity index (χ4n) is 3.41. The molecule has 23 heavy (non-hydrogen) atoms. The molecule has 0 saturated carbocycles. The van der Waals surface area contributed by atoms with Gasteiger partial charge in [-0.1, -0.05) is 39.9 Å². The molecule has 2 saturated heterocycles. The van der Waals surface area contributed by atoms with Crippen LogP contribution in [0.15, 0.2) is 0 Å². The van der Waals surface area contributed by atoms with Crippen LogP contribution in [0.2, 0.25) is 0 Å². The van der Waals surface area contributed by atoms with Crippen molar-refractivity contribution in [3.8, 4) is 0 Å². The molecule has 2 fully saturated rings. The summed E-state index contributed by atoms with van der Waals surface area (Å²) in [6.45, 7) is 5.18. The first-order chi connectivity index (χ1) is 10.7. The maximum Gasteiger partial charge on any atom is 0.386 e. The first-order valence-corrected chi connectivity index (χ1v) is 11.3. The van der Waals surface area contributed by atoms with E-state index in [1.165, 1.54) is 0 Å². The van der Waals surface area contributed by atoms with Gasteiger partial charge in [0.25, 0.3) is 0 Å². The largest absolute Gasteiger partial charge is 0.386 e. The number of hydrogen-bond acceptors (Lipinski definition) is 5. The summed E-state index contributed by atoms with van der Waals surface area (Å²) in [6, 6.07) is 0.269. The van der Waals surface area contributed by atoms with Gasteiger partial charge in [-0.3, -0.25) is 9.05 Å². The van der Waals surface area contributed by atoms with Crippen LogP contribution in [-0.4, -0.2) is 52.6 Å². The van der Waals surface area contributed by atoms with Gasteiger partial charge in [0.05, 0.1) is 24.9 Å². The molecule has 0 radical (unpaired) electrons. The summed E-state index contributed by atoms with van der Waals surface area (Å²) in [7, 11) is 4.07. The summed E-state index contributed by atoms with van der Waals surface area (Å²) >= 11 is 4.16. The molecule has 0 spiro atoms. The second-order valence-corrected chi connectivity index (χ2v) is 9.96. The van der Waals surface area contributed by atoms with Crippen molar-refractivity contribution in [3.05, 3.63) is 0 Å². The molecule has 132 valence electrons. The van der Waals surface area contributed by atoms with Crippen LogP contribution in [0.25, 0.3) is 0 Å². The zero-order chi connectivity index (χ0) is 17.4. The van der Waals surface area contributed by atoms with Crippen molar-refractivity contribution < 1.29 is 23.1 Å². The highest BCUT2D eigenvalue weighted by Crippen LogP contribution is 2.56. The van der Waals surface area contributed by atoms with Gasteiger partial charge in [-0.2, -0.15) is 0 Å². The SMILES string of the molecule is B[C@@H]1O[C@H](COP(=O)(S)OC2[C@@H](CC)O[C@@H](B)[C@H]2C)[C@H](C)[C@@H]1C. The predicted octanol–water partition coefficient (Wildman–Crippen LogP) is 1.46. The average molecular weight is 362 g/mol. The minimum absolute atomic E-state index is 0.0641. The topological polar surface area (TPSA) is 54.0 Å². The molecule has 2 rings (SSSR count).